The Hall–Kier alpha value is -1.06. The van der Waals surface area contributed by atoms with Crippen molar-refractivity contribution in [3.63, 3.8) is 0 Å². The van der Waals surface area contributed by atoms with E-state index in [1.807, 2.05) is 0 Å². The zero-order chi connectivity index (χ0) is 13.8. The van der Waals surface area contributed by atoms with E-state index >= 15 is 0 Å². The van der Waals surface area contributed by atoms with Gasteiger partial charge in [-0.2, -0.15) is 0 Å². The molecule has 2 atom stereocenters. The van der Waals surface area contributed by atoms with Gasteiger partial charge in [-0.15, -0.1) is 0 Å². The van der Waals surface area contributed by atoms with Crippen LogP contribution >= 0.6 is 0 Å². The molecule has 3 heteroatoms. The van der Waals surface area contributed by atoms with Crippen LogP contribution in [0.25, 0.3) is 0 Å². The first-order chi connectivity index (χ1) is 9.04. The SMILES string of the molecule is Cc1cccc(N2CCC(C)NC(CN(C)C)C2)c1. The number of anilines is 1. The summed E-state index contributed by atoms with van der Waals surface area (Å²) in [4.78, 5) is 4.79. The van der Waals surface area contributed by atoms with Gasteiger partial charge in [0.25, 0.3) is 0 Å². The second-order valence-electron chi connectivity index (χ2n) is 6.10. The van der Waals surface area contributed by atoms with E-state index in [9.17, 15) is 0 Å². The molecular weight excluding hydrogens is 234 g/mol. The minimum absolute atomic E-state index is 0.535. The molecule has 1 fully saturated rings. The van der Waals surface area contributed by atoms with Crippen molar-refractivity contribution in [1.82, 2.24) is 10.2 Å². The lowest BCUT2D eigenvalue weighted by molar-refractivity contribution is 0.330. The number of aryl methyl sites for hydroxylation is 1. The summed E-state index contributed by atoms with van der Waals surface area (Å²) < 4.78 is 0. The van der Waals surface area contributed by atoms with Gasteiger partial charge >= 0.3 is 0 Å². The van der Waals surface area contributed by atoms with Crippen LogP contribution in [-0.2, 0) is 0 Å². The highest BCUT2D eigenvalue weighted by molar-refractivity contribution is 5.48. The maximum Gasteiger partial charge on any atom is 0.0373 e. The van der Waals surface area contributed by atoms with Crippen LogP contribution in [0.2, 0.25) is 0 Å². The smallest absolute Gasteiger partial charge is 0.0373 e. The Morgan fingerprint density at radius 1 is 1.37 bits per heavy atom. The fourth-order valence-electron chi connectivity index (χ4n) is 2.86. The van der Waals surface area contributed by atoms with Gasteiger partial charge in [-0.25, -0.2) is 0 Å². The highest BCUT2D eigenvalue weighted by atomic mass is 15.2. The van der Waals surface area contributed by atoms with Crippen LogP contribution in [0.4, 0.5) is 5.69 Å². The third kappa shape index (κ3) is 4.22. The zero-order valence-corrected chi connectivity index (χ0v) is 12.7. The molecule has 3 nitrogen and oxygen atoms in total. The predicted molar refractivity (Wildman–Crippen MR) is 82.9 cm³/mol. The molecule has 0 saturated carbocycles. The van der Waals surface area contributed by atoms with Gasteiger partial charge in [0, 0.05) is 37.4 Å². The fourth-order valence-corrected chi connectivity index (χ4v) is 2.86. The number of benzene rings is 1. The maximum atomic E-state index is 3.74. The number of rotatable bonds is 3. The van der Waals surface area contributed by atoms with Gasteiger partial charge in [0.15, 0.2) is 0 Å². The van der Waals surface area contributed by atoms with E-state index in [0.717, 1.165) is 19.6 Å². The van der Waals surface area contributed by atoms with Gasteiger partial charge < -0.3 is 15.1 Å². The van der Waals surface area contributed by atoms with Crippen LogP contribution in [0, 0.1) is 6.92 Å². The highest BCUT2D eigenvalue weighted by Crippen LogP contribution is 2.19. The molecule has 1 aromatic rings. The first kappa shape index (κ1) is 14.4. The van der Waals surface area contributed by atoms with Crippen molar-refractivity contribution in [2.24, 2.45) is 0 Å². The molecule has 1 N–H and O–H groups in total. The summed E-state index contributed by atoms with van der Waals surface area (Å²) in [5.74, 6) is 0. The Morgan fingerprint density at radius 3 is 2.84 bits per heavy atom. The lowest BCUT2D eigenvalue weighted by Crippen LogP contribution is -2.46. The third-order valence-corrected chi connectivity index (χ3v) is 3.75. The van der Waals surface area contributed by atoms with Gasteiger partial charge in [0.05, 0.1) is 0 Å². The van der Waals surface area contributed by atoms with Crippen molar-refractivity contribution in [2.45, 2.75) is 32.4 Å². The molecular formula is C16H27N3. The molecule has 1 aliphatic heterocycles. The first-order valence-electron chi connectivity index (χ1n) is 7.27. The van der Waals surface area contributed by atoms with Crippen LogP contribution in [0.5, 0.6) is 0 Å². The Balaban J connectivity index is 2.11. The Morgan fingerprint density at radius 2 is 2.16 bits per heavy atom. The minimum Gasteiger partial charge on any atom is -0.370 e. The Kier molecular flexibility index (Phi) is 4.83. The number of nitrogens with zero attached hydrogens (tertiary/aromatic N) is 2. The largest absolute Gasteiger partial charge is 0.370 e. The normalized spacial score (nSPS) is 24.6. The van der Waals surface area contributed by atoms with E-state index in [4.69, 9.17) is 0 Å². The predicted octanol–water partition coefficient (Wildman–Crippen LogP) is 2.11. The molecule has 1 aliphatic rings. The summed E-state index contributed by atoms with van der Waals surface area (Å²) in [6.45, 7) is 7.78. The summed E-state index contributed by atoms with van der Waals surface area (Å²) >= 11 is 0. The summed E-state index contributed by atoms with van der Waals surface area (Å²) in [5, 5.41) is 3.74. The van der Waals surface area contributed by atoms with Crippen molar-refractivity contribution in [1.29, 1.82) is 0 Å². The second-order valence-corrected chi connectivity index (χ2v) is 6.10. The molecule has 0 amide bonds. The lowest BCUT2D eigenvalue weighted by Gasteiger charge is -2.28. The highest BCUT2D eigenvalue weighted by Gasteiger charge is 2.21. The summed E-state index contributed by atoms with van der Waals surface area (Å²) in [6.07, 6.45) is 1.21. The van der Waals surface area contributed by atoms with Crippen LogP contribution in [0.1, 0.15) is 18.9 Å². The lowest BCUT2D eigenvalue weighted by atomic mass is 10.2. The summed E-state index contributed by atoms with van der Waals surface area (Å²) in [7, 11) is 4.29. The molecule has 1 saturated heterocycles. The maximum absolute atomic E-state index is 3.74. The van der Waals surface area contributed by atoms with Crippen molar-refractivity contribution in [3.8, 4) is 0 Å². The monoisotopic (exact) mass is 261 g/mol. The number of likely N-dealkylation sites (N-methyl/N-ethyl adjacent to an activating group) is 1. The van der Waals surface area contributed by atoms with Crippen LogP contribution in [-0.4, -0.2) is 50.7 Å². The third-order valence-electron chi connectivity index (χ3n) is 3.75. The van der Waals surface area contributed by atoms with Gasteiger partial charge in [-0.3, -0.25) is 0 Å². The minimum atomic E-state index is 0.535. The van der Waals surface area contributed by atoms with Gasteiger partial charge in [0.1, 0.15) is 0 Å². The molecule has 0 aliphatic carbocycles. The molecule has 1 heterocycles. The fraction of sp³-hybridized carbons (Fsp3) is 0.625. The Bertz CT molecular complexity index is 403. The summed E-state index contributed by atoms with van der Waals surface area (Å²) in [5.41, 5.74) is 2.70. The molecule has 0 aromatic heterocycles. The molecule has 1 aromatic carbocycles. The zero-order valence-electron chi connectivity index (χ0n) is 12.7. The molecule has 2 unspecified atom stereocenters. The van der Waals surface area contributed by atoms with Crippen molar-refractivity contribution in [3.05, 3.63) is 29.8 Å². The van der Waals surface area contributed by atoms with E-state index in [2.05, 4.69) is 67.3 Å². The second kappa shape index (κ2) is 6.40. The molecule has 0 radical (unpaired) electrons. The summed E-state index contributed by atoms with van der Waals surface area (Å²) in [6, 6.07) is 9.98. The number of hydrogen-bond acceptors (Lipinski definition) is 3. The first-order valence-corrected chi connectivity index (χ1v) is 7.27. The van der Waals surface area contributed by atoms with E-state index in [1.165, 1.54) is 17.7 Å². The number of hydrogen-bond donors (Lipinski definition) is 1. The van der Waals surface area contributed by atoms with Gasteiger partial charge in [0.2, 0.25) is 0 Å². The quantitative estimate of drug-likeness (QED) is 0.899. The van der Waals surface area contributed by atoms with Gasteiger partial charge in [-0.05, 0) is 52.1 Å². The van der Waals surface area contributed by atoms with Crippen LogP contribution < -0.4 is 10.2 Å². The molecule has 0 bridgehead atoms. The average Bonchev–Trinajstić information content (AvgIpc) is 2.50. The molecule has 2 rings (SSSR count). The molecule has 0 spiro atoms. The molecule has 19 heavy (non-hydrogen) atoms. The Labute approximate surface area is 117 Å². The average molecular weight is 261 g/mol. The topological polar surface area (TPSA) is 18.5 Å². The van der Waals surface area contributed by atoms with E-state index < -0.39 is 0 Å². The van der Waals surface area contributed by atoms with E-state index in [-0.39, 0.29) is 0 Å². The van der Waals surface area contributed by atoms with Crippen molar-refractivity contribution < 1.29 is 0 Å². The van der Waals surface area contributed by atoms with Crippen molar-refractivity contribution >= 4 is 5.69 Å². The number of nitrogens with one attached hydrogen (secondary N) is 1. The van der Waals surface area contributed by atoms with E-state index in [1.54, 1.807) is 0 Å². The van der Waals surface area contributed by atoms with E-state index in [0.29, 0.717) is 12.1 Å². The molecule has 106 valence electrons. The standard InChI is InChI=1S/C16H27N3/c1-13-6-5-7-16(10-13)19-9-8-14(2)17-15(12-19)11-18(3)4/h5-7,10,14-15,17H,8-9,11-12H2,1-4H3. The van der Waals surface area contributed by atoms with Crippen LogP contribution in [0.3, 0.4) is 0 Å². The van der Waals surface area contributed by atoms with Gasteiger partial charge in [-0.1, -0.05) is 12.1 Å². The van der Waals surface area contributed by atoms with Crippen LogP contribution in [0.15, 0.2) is 24.3 Å². The van der Waals surface area contributed by atoms with Crippen molar-refractivity contribution in [2.75, 3.05) is 38.6 Å².